The van der Waals surface area contributed by atoms with E-state index in [0.717, 1.165) is 33.8 Å². The number of benzene rings is 2. The molecular weight excluding hydrogens is 464 g/mol. The van der Waals surface area contributed by atoms with Gasteiger partial charge in [0.25, 0.3) is 5.56 Å². The summed E-state index contributed by atoms with van der Waals surface area (Å²) in [4.78, 5) is 30.3. The number of ether oxygens (including phenoxy) is 1. The van der Waals surface area contributed by atoms with Crippen LogP contribution in [0.3, 0.4) is 0 Å². The van der Waals surface area contributed by atoms with Crippen molar-refractivity contribution >= 4 is 28.5 Å². The van der Waals surface area contributed by atoms with Gasteiger partial charge in [0, 0.05) is 30.2 Å². The van der Waals surface area contributed by atoms with Gasteiger partial charge in [0.2, 0.25) is 5.91 Å². The van der Waals surface area contributed by atoms with Gasteiger partial charge in [0.05, 0.1) is 24.0 Å². The van der Waals surface area contributed by atoms with Gasteiger partial charge in [-0.2, -0.15) is 0 Å². The third kappa shape index (κ3) is 5.10. The van der Waals surface area contributed by atoms with Crippen molar-refractivity contribution in [2.75, 3.05) is 6.61 Å². The molecule has 2 heterocycles. The summed E-state index contributed by atoms with van der Waals surface area (Å²) in [5.74, 6) is 0.667. The molecule has 1 amide bonds. The van der Waals surface area contributed by atoms with Crippen LogP contribution in [-0.2, 0) is 17.9 Å². The van der Waals surface area contributed by atoms with Crippen molar-refractivity contribution in [1.82, 2.24) is 19.4 Å². The molecule has 0 unspecified atom stereocenters. The summed E-state index contributed by atoms with van der Waals surface area (Å²) in [6.07, 6.45) is 1.69. The summed E-state index contributed by atoms with van der Waals surface area (Å²) in [6.45, 7) is 9.10. The molecule has 0 saturated heterocycles. The summed E-state index contributed by atoms with van der Waals surface area (Å²) in [6, 6.07) is 13.3. The minimum absolute atomic E-state index is 0.133. The van der Waals surface area contributed by atoms with E-state index in [9.17, 15) is 9.59 Å². The second kappa shape index (κ2) is 10.4. The second-order valence-corrected chi connectivity index (χ2v) is 8.96. The van der Waals surface area contributed by atoms with Gasteiger partial charge in [-0.1, -0.05) is 29.8 Å². The first-order valence-electron chi connectivity index (χ1n) is 11.6. The third-order valence-corrected chi connectivity index (χ3v) is 6.43. The largest absolute Gasteiger partial charge is 0.494 e. The fraction of sp³-hybridized carbons (Fsp3) is 0.296. The highest BCUT2D eigenvalue weighted by Crippen LogP contribution is 2.28. The van der Waals surface area contributed by atoms with Crippen LogP contribution in [0.2, 0.25) is 5.02 Å². The van der Waals surface area contributed by atoms with Crippen molar-refractivity contribution in [3.8, 4) is 11.4 Å². The smallest absolute Gasteiger partial charge is 0.263 e. The van der Waals surface area contributed by atoms with E-state index in [1.807, 2.05) is 74.7 Å². The topological polar surface area (TPSA) is 78.2 Å². The lowest BCUT2D eigenvalue weighted by Gasteiger charge is -2.12. The van der Waals surface area contributed by atoms with Crippen molar-refractivity contribution in [2.24, 2.45) is 0 Å². The van der Waals surface area contributed by atoms with Crippen LogP contribution in [-0.4, -0.2) is 26.6 Å². The van der Waals surface area contributed by atoms with Crippen LogP contribution in [0.15, 0.2) is 53.6 Å². The van der Waals surface area contributed by atoms with Crippen molar-refractivity contribution in [3.63, 3.8) is 0 Å². The number of carbonyl (C=O) groups is 1. The van der Waals surface area contributed by atoms with Gasteiger partial charge in [0.15, 0.2) is 5.65 Å². The first-order chi connectivity index (χ1) is 16.8. The Morgan fingerprint density at radius 2 is 1.86 bits per heavy atom. The zero-order valence-electron chi connectivity index (χ0n) is 20.4. The number of nitrogens with zero attached hydrogens (tertiary/aromatic N) is 3. The molecule has 7 nitrogen and oxygen atoms in total. The quantitative estimate of drug-likeness (QED) is 0.380. The molecule has 0 radical (unpaired) electrons. The Hall–Kier alpha value is -3.58. The third-order valence-electron chi connectivity index (χ3n) is 6.20. The van der Waals surface area contributed by atoms with Crippen molar-refractivity contribution in [2.45, 2.75) is 47.2 Å². The Morgan fingerprint density at radius 1 is 1.11 bits per heavy atom. The summed E-state index contributed by atoms with van der Waals surface area (Å²) in [5.41, 5.74) is 5.13. The summed E-state index contributed by atoms with van der Waals surface area (Å²) in [7, 11) is 0. The van der Waals surface area contributed by atoms with E-state index < -0.39 is 0 Å². The van der Waals surface area contributed by atoms with Crippen LogP contribution >= 0.6 is 11.6 Å². The van der Waals surface area contributed by atoms with E-state index >= 15 is 0 Å². The van der Waals surface area contributed by atoms with Gasteiger partial charge in [-0.15, -0.1) is 0 Å². The molecule has 0 aliphatic rings. The molecule has 0 aliphatic heterocycles. The Balaban J connectivity index is 1.50. The summed E-state index contributed by atoms with van der Waals surface area (Å²) >= 11 is 6.25. The fourth-order valence-electron chi connectivity index (χ4n) is 4.14. The average Bonchev–Trinajstić information content (AvgIpc) is 3.10. The first-order valence-corrected chi connectivity index (χ1v) is 12.0. The number of hydrogen-bond donors (Lipinski definition) is 1. The molecule has 0 spiro atoms. The van der Waals surface area contributed by atoms with Gasteiger partial charge < -0.3 is 10.1 Å². The lowest BCUT2D eigenvalue weighted by Crippen LogP contribution is -2.27. The van der Waals surface area contributed by atoms with Crippen molar-refractivity contribution < 1.29 is 9.53 Å². The van der Waals surface area contributed by atoms with E-state index in [1.54, 1.807) is 0 Å². The predicted molar refractivity (Wildman–Crippen MR) is 139 cm³/mol. The number of halogens is 1. The van der Waals surface area contributed by atoms with Gasteiger partial charge in [-0.3, -0.25) is 18.7 Å². The average molecular weight is 493 g/mol. The van der Waals surface area contributed by atoms with Crippen LogP contribution in [0.25, 0.3) is 16.7 Å². The number of fused-ring (bicyclic) bond motifs is 1. The van der Waals surface area contributed by atoms with Crippen LogP contribution in [0, 0.1) is 20.8 Å². The summed E-state index contributed by atoms with van der Waals surface area (Å²) in [5, 5.41) is 4.08. The molecule has 0 aliphatic carbocycles. The Kier molecular flexibility index (Phi) is 7.26. The number of nitrogens with one attached hydrogen (secondary N) is 1. The molecule has 4 rings (SSSR count). The number of aromatic nitrogens is 3. The lowest BCUT2D eigenvalue weighted by atomic mass is 10.2. The van der Waals surface area contributed by atoms with E-state index in [4.69, 9.17) is 16.3 Å². The minimum Gasteiger partial charge on any atom is -0.494 e. The maximum absolute atomic E-state index is 13.3. The predicted octanol–water partition coefficient (Wildman–Crippen LogP) is 4.87. The number of carbonyl (C=O) groups excluding carboxylic acids is 1. The standard InChI is InChI=1S/C27H29ClN4O3/c1-5-35-22-10-7-20(8-11-22)15-29-24(33)12-13-31-16-30-26-25(27(31)34)18(3)19(4)32(26)23-14-21(28)9-6-17(23)2/h6-11,14,16H,5,12-13,15H2,1-4H3,(H,29,33). The molecule has 1 N–H and O–H groups in total. The Labute approximate surface area is 209 Å². The molecule has 4 aromatic rings. The number of rotatable bonds is 8. The lowest BCUT2D eigenvalue weighted by molar-refractivity contribution is -0.121. The molecule has 0 atom stereocenters. The van der Waals surface area contributed by atoms with Gasteiger partial charge in [-0.05, 0) is 68.7 Å². The van der Waals surface area contributed by atoms with Crippen LogP contribution in [0.4, 0.5) is 0 Å². The van der Waals surface area contributed by atoms with Gasteiger partial charge in [0.1, 0.15) is 5.75 Å². The van der Waals surface area contributed by atoms with Crippen molar-refractivity contribution in [3.05, 3.63) is 86.6 Å². The fourth-order valence-corrected chi connectivity index (χ4v) is 4.31. The van der Waals surface area contributed by atoms with Crippen LogP contribution < -0.4 is 15.6 Å². The van der Waals surface area contributed by atoms with E-state index in [1.165, 1.54) is 10.9 Å². The zero-order chi connectivity index (χ0) is 25.1. The molecule has 0 bridgehead atoms. The number of amides is 1. The molecule has 182 valence electrons. The first kappa shape index (κ1) is 24.5. The maximum Gasteiger partial charge on any atom is 0.263 e. The highest BCUT2D eigenvalue weighted by atomic mass is 35.5. The molecular formula is C27H29ClN4O3. The molecule has 8 heteroatoms. The Morgan fingerprint density at radius 3 is 2.57 bits per heavy atom. The highest BCUT2D eigenvalue weighted by Gasteiger charge is 2.19. The Bertz CT molecular complexity index is 1440. The molecule has 2 aromatic heterocycles. The molecule has 2 aromatic carbocycles. The zero-order valence-corrected chi connectivity index (χ0v) is 21.1. The van der Waals surface area contributed by atoms with E-state index in [0.29, 0.717) is 29.2 Å². The monoisotopic (exact) mass is 492 g/mol. The molecule has 0 fully saturated rings. The SMILES string of the molecule is CCOc1ccc(CNC(=O)CCn2cnc3c(c(C)c(C)n3-c3cc(Cl)ccc3C)c2=O)cc1. The van der Waals surface area contributed by atoms with Crippen LogP contribution in [0.5, 0.6) is 5.75 Å². The summed E-state index contributed by atoms with van der Waals surface area (Å²) < 4.78 is 8.91. The van der Waals surface area contributed by atoms with Gasteiger partial charge in [-0.25, -0.2) is 4.98 Å². The maximum atomic E-state index is 13.3. The van der Waals surface area contributed by atoms with Gasteiger partial charge >= 0.3 is 0 Å². The van der Waals surface area contributed by atoms with E-state index in [2.05, 4.69) is 10.3 Å². The van der Waals surface area contributed by atoms with E-state index in [-0.39, 0.29) is 24.4 Å². The second-order valence-electron chi connectivity index (χ2n) is 8.52. The molecule has 35 heavy (non-hydrogen) atoms. The van der Waals surface area contributed by atoms with Crippen LogP contribution in [0.1, 0.15) is 35.7 Å². The van der Waals surface area contributed by atoms with Crippen molar-refractivity contribution in [1.29, 1.82) is 0 Å². The number of aryl methyl sites for hydroxylation is 3. The minimum atomic E-state index is -0.159. The molecule has 0 saturated carbocycles. The number of hydrogen-bond acceptors (Lipinski definition) is 4. The highest BCUT2D eigenvalue weighted by molar-refractivity contribution is 6.30. The normalized spacial score (nSPS) is 11.1.